The lowest BCUT2D eigenvalue weighted by molar-refractivity contribution is -0.151. The van der Waals surface area contributed by atoms with Gasteiger partial charge >= 0.3 is 5.97 Å². The molecule has 1 N–H and O–H groups in total. The van der Waals surface area contributed by atoms with Gasteiger partial charge in [0.1, 0.15) is 6.10 Å². The van der Waals surface area contributed by atoms with Crippen molar-refractivity contribution in [1.29, 1.82) is 0 Å². The number of rotatable bonds is 23. The first kappa shape index (κ1) is 30.3. The number of carbonyl (C=O) groups is 1. The molecule has 0 bridgehead atoms. The van der Waals surface area contributed by atoms with Gasteiger partial charge in [0.25, 0.3) is 10.1 Å². The Bertz CT molecular complexity index is 508. The van der Waals surface area contributed by atoms with E-state index < -0.39 is 16.1 Å². The summed E-state index contributed by atoms with van der Waals surface area (Å²) in [7, 11) is -4.12. The molecule has 0 saturated carbocycles. The minimum absolute atomic E-state index is 0.0412. The van der Waals surface area contributed by atoms with Gasteiger partial charge in [-0.15, -0.1) is 0 Å². The highest BCUT2D eigenvalue weighted by molar-refractivity contribution is 7.85. The van der Waals surface area contributed by atoms with Gasteiger partial charge in [-0.05, 0) is 13.3 Å². The molecule has 0 rings (SSSR count). The molecule has 0 radical (unpaired) electrons. The first-order valence-electron chi connectivity index (χ1n) is 12.1. The topological polar surface area (TPSA) is 99.1 Å². The third-order valence-corrected chi connectivity index (χ3v) is 5.49. The van der Waals surface area contributed by atoms with E-state index in [2.05, 4.69) is 6.92 Å². The van der Waals surface area contributed by atoms with E-state index in [-0.39, 0.29) is 31.9 Å². The van der Waals surface area contributed by atoms with E-state index in [1.165, 1.54) is 77.0 Å². The highest BCUT2D eigenvalue weighted by atomic mass is 32.2. The van der Waals surface area contributed by atoms with E-state index in [0.29, 0.717) is 6.42 Å². The standard InChI is InChI=1S/C23H46O7S/c1-3-4-5-6-7-8-9-10-11-12-13-14-15-16-17-23(24)30-22(2)20-28-18-19-29-21-31(25,26)27/h22H,3-21H2,1-2H3,(H,25,26,27). The molecule has 0 spiro atoms. The first-order chi connectivity index (χ1) is 14.8. The predicted octanol–water partition coefficient (Wildman–Crippen LogP) is 5.67. The maximum Gasteiger partial charge on any atom is 0.306 e. The van der Waals surface area contributed by atoms with Crippen LogP contribution < -0.4 is 0 Å². The molecule has 0 aliphatic heterocycles. The van der Waals surface area contributed by atoms with Crippen LogP contribution in [0.25, 0.3) is 0 Å². The maximum absolute atomic E-state index is 11.8. The fraction of sp³-hybridized carbons (Fsp3) is 0.957. The molecule has 0 aromatic heterocycles. The summed E-state index contributed by atoms with van der Waals surface area (Å²) < 4.78 is 44.7. The van der Waals surface area contributed by atoms with Crippen molar-refractivity contribution < 1.29 is 32.0 Å². The summed E-state index contributed by atoms with van der Waals surface area (Å²) >= 11 is 0. The average molecular weight is 467 g/mol. The van der Waals surface area contributed by atoms with Crippen LogP contribution >= 0.6 is 0 Å². The van der Waals surface area contributed by atoms with Crippen molar-refractivity contribution in [3.63, 3.8) is 0 Å². The van der Waals surface area contributed by atoms with Crippen molar-refractivity contribution in [2.24, 2.45) is 0 Å². The summed E-state index contributed by atoms with van der Waals surface area (Å²) in [4.78, 5) is 11.8. The normalized spacial score (nSPS) is 12.7. The summed E-state index contributed by atoms with van der Waals surface area (Å²) in [5, 5.41) is 0. The Labute approximate surface area is 190 Å². The van der Waals surface area contributed by atoms with Crippen LogP contribution in [0.15, 0.2) is 0 Å². The van der Waals surface area contributed by atoms with Crippen molar-refractivity contribution in [1.82, 2.24) is 0 Å². The minimum atomic E-state index is -4.12. The molecular weight excluding hydrogens is 420 g/mol. The first-order valence-corrected chi connectivity index (χ1v) is 13.8. The lowest BCUT2D eigenvalue weighted by Crippen LogP contribution is -2.21. The Balaban J connectivity index is 3.35. The van der Waals surface area contributed by atoms with Gasteiger partial charge < -0.3 is 14.2 Å². The van der Waals surface area contributed by atoms with Gasteiger partial charge in [-0.2, -0.15) is 8.42 Å². The molecule has 0 aliphatic carbocycles. The van der Waals surface area contributed by atoms with Crippen LogP contribution in [-0.2, 0) is 29.1 Å². The van der Waals surface area contributed by atoms with E-state index in [9.17, 15) is 13.2 Å². The molecule has 0 aromatic rings. The average Bonchev–Trinajstić information content (AvgIpc) is 2.70. The Morgan fingerprint density at radius 2 is 1.23 bits per heavy atom. The van der Waals surface area contributed by atoms with Gasteiger partial charge in [0.05, 0.1) is 19.8 Å². The zero-order chi connectivity index (χ0) is 23.2. The number of esters is 1. The second kappa shape index (κ2) is 21.2. The summed E-state index contributed by atoms with van der Waals surface area (Å²) in [6, 6.07) is 0. The van der Waals surface area contributed by atoms with Crippen LogP contribution in [0.5, 0.6) is 0 Å². The number of carbonyl (C=O) groups excluding carboxylic acids is 1. The summed E-state index contributed by atoms with van der Waals surface area (Å²) in [6.07, 6.45) is 18.0. The van der Waals surface area contributed by atoms with E-state index >= 15 is 0 Å². The predicted molar refractivity (Wildman–Crippen MR) is 124 cm³/mol. The monoisotopic (exact) mass is 466 g/mol. The molecule has 186 valence electrons. The van der Waals surface area contributed by atoms with Crippen LogP contribution in [0.4, 0.5) is 0 Å². The lowest BCUT2D eigenvalue weighted by Gasteiger charge is -2.13. The van der Waals surface area contributed by atoms with Crippen LogP contribution in [0.2, 0.25) is 0 Å². The SMILES string of the molecule is CCCCCCCCCCCCCCCCC(=O)OC(C)COCCOCS(=O)(=O)O. The van der Waals surface area contributed by atoms with Crippen molar-refractivity contribution in [2.45, 2.75) is 116 Å². The molecule has 0 amide bonds. The number of ether oxygens (including phenoxy) is 3. The molecule has 7 nitrogen and oxygen atoms in total. The highest BCUT2D eigenvalue weighted by Crippen LogP contribution is 2.13. The molecule has 8 heteroatoms. The van der Waals surface area contributed by atoms with Crippen molar-refractivity contribution in [3.05, 3.63) is 0 Å². The second-order valence-electron chi connectivity index (χ2n) is 8.33. The Morgan fingerprint density at radius 1 is 0.774 bits per heavy atom. The van der Waals surface area contributed by atoms with Gasteiger partial charge in [0.2, 0.25) is 0 Å². The fourth-order valence-corrected chi connectivity index (χ4v) is 3.64. The van der Waals surface area contributed by atoms with Gasteiger partial charge in [-0.1, -0.05) is 90.4 Å². The van der Waals surface area contributed by atoms with E-state index in [1.54, 1.807) is 6.92 Å². The Hall–Kier alpha value is -0.700. The smallest absolute Gasteiger partial charge is 0.306 e. The quantitative estimate of drug-likeness (QED) is 0.118. The number of hydrogen-bond donors (Lipinski definition) is 1. The van der Waals surface area contributed by atoms with E-state index in [1.807, 2.05) is 0 Å². The van der Waals surface area contributed by atoms with Gasteiger partial charge in [0, 0.05) is 6.42 Å². The van der Waals surface area contributed by atoms with Crippen molar-refractivity contribution in [3.8, 4) is 0 Å². The molecule has 1 atom stereocenters. The Morgan fingerprint density at radius 3 is 1.71 bits per heavy atom. The van der Waals surface area contributed by atoms with Crippen LogP contribution in [0.1, 0.15) is 110 Å². The van der Waals surface area contributed by atoms with Gasteiger partial charge in [-0.3, -0.25) is 9.35 Å². The van der Waals surface area contributed by atoms with E-state index in [0.717, 1.165) is 12.8 Å². The third kappa shape index (κ3) is 25.4. The van der Waals surface area contributed by atoms with Crippen molar-refractivity contribution in [2.75, 3.05) is 25.8 Å². The molecule has 0 aromatic carbocycles. The summed E-state index contributed by atoms with van der Waals surface area (Å²) in [6.45, 7) is 4.43. The Kier molecular flexibility index (Phi) is 20.7. The van der Waals surface area contributed by atoms with Crippen molar-refractivity contribution >= 4 is 16.1 Å². The van der Waals surface area contributed by atoms with Crippen LogP contribution in [0.3, 0.4) is 0 Å². The summed E-state index contributed by atoms with van der Waals surface area (Å²) in [5.74, 6) is -0.960. The summed E-state index contributed by atoms with van der Waals surface area (Å²) in [5.41, 5.74) is 0. The van der Waals surface area contributed by atoms with Crippen LogP contribution in [-0.4, -0.2) is 50.8 Å². The largest absolute Gasteiger partial charge is 0.460 e. The number of unbranched alkanes of at least 4 members (excludes halogenated alkanes) is 13. The van der Waals surface area contributed by atoms with Crippen LogP contribution in [0, 0.1) is 0 Å². The van der Waals surface area contributed by atoms with Gasteiger partial charge in [0.15, 0.2) is 5.94 Å². The highest BCUT2D eigenvalue weighted by Gasteiger charge is 2.10. The number of hydrogen-bond acceptors (Lipinski definition) is 6. The fourth-order valence-electron chi connectivity index (χ4n) is 3.31. The maximum atomic E-state index is 11.8. The molecule has 31 heavy (non-hydrogen) atoms. The zero-order valence-corrected chi connectivity index (χ0v) is 20.6. The molecule has 0 heterocycles. The zero-order valence-electron chi connectivity index (χ0n) is 19.8. The minimum Gasteiger partial charge on any atom is -0.460 e. The van der Waals surface area contributed by atoms with Gasteiger partial charge in [-0.25, -0.2) is 0 Å². The molecule has 1 unspecified atom stereocenters. The molecule has 0 aliphatic rings. The molecule has 0 saturated heterocycles. The van der Waals surface area contributed by atoms with E-state index in [4.69, 9.17) is 18.8 Å². The molecular formula is C23H46O7S. The lowest BCUT2D eigenvalue weighted by atomic mass is 10.0. The molecule has 0 fully saturated rings. The third-order valence-electron chi connectivity index (χ3n) is 5.02. The second-order valence-corrected chi connectivity index (χ2v) is 9.73.